The van der Waals surface area contributed by atoms with Crippen molar-refractivity contribution in [1.82, 2.24) is 4.40 Å². The van der Waals surface area contributed by atoms with Gasteiger partial charge in [0.05, 0.1) is 17.1 Å². The topological polar surface area (TPSA) is 72.6 Å². The molecule has 3 heterocycles. The van der Waals surface area contributed by atoms with Gasteiger partial charge in [0.25, 0.3) is 5.91 Å². The van der Waals surface area contributed by atoms with Crippen molar-refractivity contribution in [2.24, 2.45) is 0 Å². The minimum Gasteiger partial charge on any atom is -0.338 e. The Morgan fingerprint density at radius 3 is 2.66 bits per heavy atom. The van der Waals surface area contributed by atoms with Gasteiger partial charge in [0.15, 0.2) is 6.19 Å². The van der Waals surface area contributed by atoms with Gasteiger partial charge in [0.2, 0.25) is 0 Å². The van der Waals surface area contributed by atoms with E-state index in [1.807, 2.05) is 40.9 Å². The van der Waals surface area contributed by atoms with Gasteiger partial charge in [0.1, 0.15) is 11.6 Å². The van der Waals surface area contributed by atoms with Crippen LogP contribution < -0.4 is 15.5 Å². The molecule has 1 aliphatic heterocycles. The molecule has 5 rings (SSSR count). The summed E-state index contributed by atoms with van der Waals surface area (Å²) in [5.41, 5.74) is 3.96. The molecule has 0 fully saturated rings. The van der Waals surface area contributed by atoms with Crippen LogP contribution in [0.4, 0.5) is 33.0 Å². The molecule has 0 saturated carbocycles. The van der Waals surface area contributed by atoms with Gasteiger partial charge in [-0.15, -0.1) is 0 Å². The lowest BCUT2D eigenvalue weighted by Gasteiger charge is -2.26. The van der Waals surface area contributed by atoms with E-state index < -0.39 is 5.82 Å². The van der Waals surface area contributed by atoms with Crippen molar-refractivity contribution in [2.75, 3.05) is 15.5 Å². The SMILES string of the molecule is N#CN1c2cc(NC(=O)c3ccc(F)cc3)ccc2Nc2c1cc1ccccn21. The monoisotopic (exact) mass is 383 g/mol. The fourth-order valence-electron chi connectivity index (χ4n) is 3.47. The van der Waals surface area contributed by atoms with Gasteiger partial charge in [-0.05, 0) is 60.7 Å². The predicted molar refractivity (Wildman–Crippen MR) is 109 cm³/mol. The second kappa shape index (κ2) is 6.39. The van der Waals surface area contributed by atoms with Gasteiger partial charge in [-0.1, -0.05) is 6.07 Å². The Hall–Kier alpha value is -4.31. The first-order valence-electron chi connectivity index (χ1n) is 8.92. The number of halogens is 1. The van der Waals surface area contributed by atoms with Crippen molar-refractivity contribution in [3.8, 4) is 6.19 Å². The summed E-state index contributed by atoms with van der Waals surface area (Å²) in [7, 11) is 0. The van der Waals surface area contributed by atoms with Crippen molar-refractivity contribution in [2.45, 2.75) is 0 Å². The number of nitriles is 1. The highest BCUT2D eigenvalue weighted by Gasteiger charge is 2.26. The normalized spacial score (nSPS) is 11.9. The van der Waals surface area contributed by atoms with Crippen molar-refractivity contribution in [3.05, 3.63) is 84.3 Å². The first-order chi connectivity index (χ1) is 14.1. The second-order valence-electron chi connectivity index (χ2n) is 6.63. The van der Waals surface area contributed by atoms with Gasteiger partial charge in [-0.2, -0.15) is 5.26 Å². The van der Waals surface area contributed by atoms with Gasteiger partial charge in [0, 0.05) is 23.0 Å². The maximum Gasteiger partial charge on any atom is 0.255 e. The smallest absolute Gasteiger partial charge is 0.255 e. The minimum atomic E-state index is -0.401. The van der Waals surface area contributed by atoms with Crippen LogP contribution in [0.3, 0.4) is 0 Å². The van der Waals surface area contributed by atoms with Crippen LogP contribution >= 0.6 is 0 Å². The van der Waals surface area contributed by atoms with Crippen LogP contribution in [0, 0.1) is 17.3 Å². The number of aromatic nitrogens is 1. The molecular formula is C22H14FN5O. The second-order valence-corrected chi connectivity index (χ2v) is 6.63. The summed E-state index contributed by atoms with van der Waals surface area (Å²) in [6.07, 6.45) is 4.15. The third-order valence-electron chi connectivity index (χ3n) is 4.86. The molecule has 0 atom stereocenters. The molecule has 0 radical (unpaired) electrons. The number of rotatable bonds is 2. The zero-order chi connectivity index (χ0) is 20.0. The summed E-state index contributed by atoms with van der Waals surface area (Å²) in [5, 5.41) is 16.0. The maximum atomic E-state index is 13.1. The number of hydrogen-bond acceptors (Lipinski definition) is 4. The first kappa shape index (κ1) is 16.8. The standard InChI is InChI=1S/C22H14FN5O/c23-15-6-4-14(5-7-15)22(29)25-16-8-9-18-19(11-16)28(13-24)20-12-17-3-1-2-10-27(17)21(20)26-18/h1-12,26H,(H,25,29). The molecule has 4 aromatic rings. The molecule has 0 saturated heterocycles. The summed E-state index contributed by atoms with van der Waals surface area (Å²) in [4.78, 5) is 14.0. The number of pyridine rings is 1. The van der Waals surface area contributed by atoms with E-state index in [0.717, 1.165) is 22.7 Å². The number of nitrogens with one attached hydrogen (secondary N) is 2. The molecule has 6 nitrogen and oxygen atoms in total. The molecule has 2 aromatic heterocycles. The largest absolute Gasteiger partial charge is 0.338 e. The summed E-state index contributed by atoms with van der Waals surface area (Å²) < 4.78 is 15.0. The quantitative estimate of drug-likeness (QED) is 0.478. The number of amides is 1. The molecule has 0 unspecified atom stereocenters. The Morgan fingerprint density at radius 1 is 1.03 bits per heavy atom. The highest BCUT2D eigenvalue weighted by Crippen LogP contribution is 2.45. The Balaban J connectivity index is 1.51. The number of hydrogen-bond donors (Lipinski definition) is 2. The molecule has 7 heteroatoms. The first-order valence-corrected chi connectivity index (χ1v) is 8.92. The lowest BCUT2D eigenvalue weighted by Crippen LogP contribution is -2.18. The van der Waals surface area contributed by atoms with Crippen LogP contribution in [0.25, 0.3) is 5.52 Å². The van der Waals surface area contributed by atoms with Crippen LogP contribution in [-0.4, -0.2) is 10.3 Å². The average molecular weight is 383 g/mol. The van der Waals surface area contributed by atoms with Gasteiger partial charge in [-0.3, -0.25) is 4.79 Å². The van der Waals surface area contributed by atoms with Crippen LogP contribution in [0.1, 0.15) is 10.4 Å². The number of carbonyl (C=O) groups is 1. The summed E-state index contributed by atoms with van der Waals surface area (Å²) >= 11 is 0. The third kappa shape index (κ3) is 2.75. The minimum absolute atomic E-state index is 0.348. The Morgan fingerprint density at radius 2 is 1.86 bits per heavy atom. The van der Waals surface area contributed by atoms with Crippen molar-refractivity contribution in [3.63, 3.8) is 0 Å². The van der Waals surface area contributed by atoms with Crippen molar-refractivity contribution in [1.29, 1.82) is 5.26 Å². The molecule has 1 aliphatic rings. The van der Waals surface area contributed by atoms with Crippen molar-refractivity contribution >= 4 is 40.0 Å². The maximum absolute atomic E-state index is 13.1. The lowest BCUT2D eigenvalue weighted by atomic mass is 10.1. The highest BCUT2D eigenvalue weighted by atomic mass is 19.1. The zero-order valence-electron chi connectivity index (χ0n) is 15.1. The Kier molecular flexibility index (Phi) is 3.71. The van der Waals surface area contributed by atoms with E-state index >= 15 is 0 Å². The fourth-order valence-corrected chi connectivity index (χ4v) is 3.47. The molecular weight excluding hydrogens is 369 g/mol. The molecule has 0 bridgehead atoms. The molecule has 2 aromatic carbocycles. The van der Waals surface area contributed by atoms with E-state index in [1.54, 1.807) is 12.1 Å². The Labute approximate surface area is 165 Å². The van der Waals surface area contributed by atoms with E-state index in [-0.39, 0.29) is 5.91 Å². The highest BCUT2D eigenvalue weighted by molar-refractivity contribution is 6.05. The number of nitrogens with zero attached hydrogens (tertiary/aromatic N) is 3. The van der Waals surface area contributed by atoms with Gasteiger partial charge >= 0.3 is 0 Å². The van der Waals surface area contributed by atoms with E-state index in [9.17, 15) is 14.4 Å². The zero-order valence-corrected chi connectivity index (χ0v) is 15.1. The third-order valence-corrected chi connectivity index (χ3v) is 4.86. The molecule has 1 amide bonds. The summed E-state index contributed by atoms with van der Waals surface area (Å²) in [6, 6.07) is 18.4. The van der Waals surface area contributed by atoms with E-state index in [2.05, 4.69) is 16.8 Å². The summed E-state index contributed by atoms with van der Waals surface area (Å²) in [5.74, 6) is 0.0482. The van der Waals surface area contributed by atoms with Gasteiger partial charge in [-0.25, -0.2) is 9.29 Å². The van der Waals surface area contributed by atoms with E-state index in [1.165, 1.54) is 29.2 Å². The van der Waals surface area contributed by atoms with Gasteiger partial charge < -0.3 is 15.0 Å². The number of anilines is 5. The van der Waals surface area contributed by atoms with Crippen molar-refractivity contribution < 1.29 is 9.18 Å². The van der Waals surface area contributed by atoms with Crippen LogP contribution in [0.5, 0.6) is 0 Å². The van der Waals surface area contributed by atoms with Crippen LogP contribution in [0.15, 0.2) is 72.9 Å². The fraction of sp³-hybridized carbons (Fsp3) is 0. The molecule has 0 aliphatic carbocycles. The molecule has 29 heavy (non-hydrogen) atoms. The number of benzene rings is 2. The molecule has 140 valence electrons. The number of carbonyl (C=O) groups excluding carboxylic acids is 1. The summed E-state index contributed by atoms with van der Waals surface area (Å²) in [6.45, 7) is 0. The van der Waals surface area contributed by atoms with Crippen LogP contribution in [-0.2, 0) is 0 Å². The van der Waals surface area contributed by atoms with Crippen LogP contribution in [0.2, 0.25) is 0 Å². The van der Waals surface area contributed by atoms with E-state index in [0.29, 0.717) is 16.9 Å². The number of fused-ring (bicyclic) bond motifs is 4. The Bertz CT molecular complexity index is 1300. The average Bonchev–Trinajstić information content (AvgIpc) is 3.10. The lowest BCUT2D eigenvalue weighted by molar-refractivity contribution is 0.102. The predicted octanol–water partition coefficient (Wildman–Crippen LogP) is 5.01. The molecule has 0 spiro atoms. The molecule has 2 N–H and O–H groups in total. The van der Waals surface area contributed by atoms with E-state index in [4.69, 9.17) is 0 Å².